The minimum Gasteiger partial charge on any atom is -0.497 e. The van der Waals surface area contributed by atoms with Gasteiger partial charge in [-0.05, 0) is 36.4 Å². The Kier molecular flexibility index (Phi) is 4.39. The van der Waals surface area contributed by atoms with E-state index >= 15 is 0 Å². The van der Waals surface area contributed by atoms with Crippen LogP contribution in [0.4, 0.5) is 5.69 Å². The number of hydrogen-bond donors (Lipinski definition) is 2. The lowest BCUT2D eigenvalue weighted by Gasteiger charge is -2.06. The van der Waals surface area contributed by atoms with Crippen LogP contribution in [0.3, 0.4) is 0 Å². The maximum Gasteiger partial charge on any atom is 0.157 e. The highest BCUT2D eigenvalue weighted by Crippen LogP contribution is 2.20. The van der Waals surface area contributed by atoms with E-state index in [0.717, 1.165) is 5.56 Å². The molecule has 0 saturated heterocycles. The van der Waals surface area contributed by atoms with Crippen molar-refractivity contribution in [3.8, 4) is 5.75 Å². The Morgan fingerprint density at radius 3 is 2.58 bits per heavy atom. The Morgan fingerprint density at radius 1 is 1.21 bits per heavy atom. The molecule has 0 fully saturated rings. The van der Waals surface area contributed by atoms with Gasteiger partial charge in [-0.1, -0.05) is 17.7 Å². The Morgan fingerprint density at radius 2 is 1.95 bits per heavy atom. The molecule has 0 saturated carbocycles. The summed E-state index contributed by atoms with van der Waals surface area (Å²) < 4.78 is 5.12. The first-order chi connectivity index (χ1) is 9.22. The van der Waals surface area contributed by atoms with Crippen LogP contribution in [0, 0.1) is 0 Å². The number of halogens is 1. The molecule has 0 aromatic heterocycles. The number of benzene rings is 2. The van der Waals surface area contributed by atoms with Crippen molar-refractivity contribution in [2.75, 3.05) is 7.11 Å². The molecule has 0 aliphatic carbocycles. The van der Waals surface area contributed by atoms with E-state index in [9.17, 15) is 5.21 Å². The second-order valence-corrected chi connectivity index (χ2v) is 4.22. The van der Waals surface area contributed by atoms with Gasteiger partial charge in [-0.25, -0.2) is 4.99 Å². The third kappa shape index (κ3) is 3.47. The van der Waals surface area contributed by atoms with Gasteiger partial charge in [0.2, 0.25) is 0 Å². The molecule has 19 heavy (non-hydrogen) atoms. The van der Waals surface area contributed by atoms with E-state index in [1.54, 1.807) is 37.4 Å². The number of ether oxygens (including phenoxy) is 1. The second kappa shape index (κ2) is 6.22. The first-order valence-corrected chi connectivity index (χ1v) is 5.99. The molecular formula is C14H13ClN2O2. The number of nitrogens with zero attached hydrogens (tertiary/aromatic N) is 1. The lowest BCUT2D eigenvalue weighted by atomic mass is 10.2. The molecule has 2 aromatic rings. The summed E-state index contributed by atoms with van der Waals surface area (Å²) in [5.41, 5.74) is 3.49. The number of rotatable bonds is 3. The van der Waals surface area contributed by atoms with Gasteiger partial charge in [0.15, 0.2) is 5.84 Å². The molecule has 5 heteroatoms. The standard InChI is InChI=1S/C14H13ClN2O2/c1-19-13-4-2-3-12(9-13)16-14(17-18)10-5-7-11(15)8-6-10/h2-9,18H,1H3,(H,16,17). The molecule has 0 heterocycles. The fourth-order valence-corrected chi connectivity index (χ4v) is 1.70. The van der Waals surface area contributed by atoms with Gasteiger partial charge in [0.25, 0.3) is 0 Å². The van der Waals surface area contributed by atoms with Crippen LogP contribution in [0.15, 0.2) is 53.5 Å². The van der Waals surface area contributed by atoms with E-state index < -0.39 is 0 Å². The maximum absolute atomic E-state index is 9.19. The smallest absolute Gasteiger partial charge is 0.157 e. The fourth-order valence-electron chi connectivity index (χ4n) is 1.57. The Balaban J connectivity index is 2.34. The average Bonchev–Trinajstić information content (AvgIpc) is 2.46. The summed E-state index contributed by atoms with van der Waals surface area (Å²) in [7, 11) is 1.59. The van der Waals surface area contributed by atoms with Gasteiger partial charge in [-0.3, -0.25) is 10.7 Å². The highest BCUT2D eigenvalue weighted by Gasteiger charge is 2.03. The molecule has 2 aromatic carbocycles. The molecule has 4 nitrogen and oxygen atoms in total. The summed E-state index contributed by atoms with van der Waals surface area (Å²) in [6.07, 6.45) is 0. The van der Waals surface area contributed by atoms with Gasteiger partial charge < -0.3 is 4.74 Å². The zero-order valence-electron chi connectivity index (χ0n) is 10.3. The summed E-state index contributed by atoms with van der Waals surface area (Å²) in [4.78, 5) is 4.32. The second-order valence-electron chi connectivity index (χ2n) is 3.78. The number of aliphatic imine (C=N–C) groups is 1. The van der Waals surface area contributed by atoms with E-state index in [4.69, 9.17) is 16.3 Å². The summed E-state index contributed by atoms with van der Waals surface area (Å²) in [6.45, 7) is 0. The topological polar surface area (TPSA) is 53.8 Å². The fraction of sp³-hybridized carbons (Fsp3) is 0.0714. The highest BCUT2D eigenvalue weighted by molar-refractivity contribution is 6.30. The quantitative estimate of drug-likeness (QED) is 0.513. The van der Waals surface area contributed by atoms with E-state index in [0.29, 0.717) is 22.3 Å². The first-order valence-electron chi connectivity index (χ1n) is 5.61. The predicted octanol–water partition coefficient (Wildman–Crippen LogP) is 3.41. The van der Waals surface area contributed by atoms with Crippen molar-refractivity contribution in [2.24, 2.45) is 4.99 Å². The van der Waals surface area contributed by atoms with Crippen LogP contribution in [0.5, 0.6) is 5.75 Å². The monoisotopic (exact) mass is 276 g/mol. The van der Waals surface area contributed by atoms with Gasteiger partial charge in [0, 0.05) is 16.7 Å². The van der Waals surface area contributed by atoms with Gasteiger partial charge in [0.1, 0.15) is 5.75 Å². The average molecular weight is 277 g/mol. The number of methoxy groups -OCH3 is 1. The minimum atomic E-state index is 0.338. The van der Waals surface area contributed by atoms with Crippen LogP contribution >= 0.6 is 11.6 Å². The van der Waals surface area contributed by atoms with Crippen LogP contribution in [0.2, 0.25) is 5.02 Å². The molecule has 2 N–H and O–H groups in total. The van der Waals surface area contributed by atoms with Crippen molar-refractivity contribution in [1.29, 1.82) is 0 Å². The molecule has 0 spiro atoms. The lowest BCUT2D eigenvalue weighted by molar-refractivity contribution is 0.235. The summed E-state index contributed by atoms with van der Waals surface area (Å²) in [5.74, 6) is 1.04. The maximum atomic E-state index is 9.19. The van der Waals surface area contributed by atoms with Gasteiger partial charge in [-0.2, -0.15) is 0 Å². The summed E-state index contributed by atoms with van der Waals surface area (Å²) >= 11 is 5.82. The molecule has 0 aliphatic rings. The van der Waals surface area contributed by atoms with Crippen molar-refractivity contribution in [1.82, 2.24) is 5.48 Å². The van der Waals surface area contributed by atoms with Gasteiger partial charge in [0.05, 0.1) is 12.8 Å². The molecule has 0 amide bonds. The van der Waals surface area contributed by atoms with E-state index in [1.165, 1.54) is 0 Å². The molecular weight excluding hydrogens is 264 g/mol. The summed E-state index contributed by atoms with van der Waals surface area (Å²) in [5, 5.41) is 9.82. The zero-order chi connectivity index (χ0) is 13.7. The molecule has 0 radical (unpaired) electrons. The van der Waals surface area contributed by atoms with Crippen LogP contribution in [0.1, 0.15) is 5.56 Å². The SMILES string of the molecule is COc1cccc(N=C(NO)c2ccc(Cl)cc2)c1. The lowest BCUT2D eigenvalue weighted by Crippen LogP contribution is -2.19. The number of nitrogens with one attached hydrogen (secondary N) is 1. The molecule has 0 bridgehead atoms. The van der Waals surface area contributed by atoms with Crippen LogP contribution < -0.4 is 10.2 Å². The minimum absolute atomic E-state index is 0.338. The third-order valence-electron chi connectivity index (χ3n) is 2.52. The van der Waals surface area contributed by atoms with Gasteiger partial charge >= 0.3 is 0 Å². The number of hydroxylamine groups is 1. The van der Waals surface area contributed by atoms with Crippen LogP contribution in [-0.4, -0.2) is 18.2 Å². The number of hydrogen-bond acceptors (Lipinski definition) is 3. The molecule has 2 rings (SSSR count). The number of amidine groups is 1. The Bertz CT molecular complexity index is 582. The highest BCUT2D eigenvalue weighted by atomic mass is 35.5. The van der Waals surface area contributed by atoms with Crippen molar-refractivity contribution < 1.29 is 9.94 Å². The first kappa shape index (κ1) is 13.4. The Labute approximate surface area is 116 Å². The molecule has 0 atom stereocenters. The molecule has 0 aliphatic heterocycles. The summed E-state index contributed by atoms with van der Waals surface area (Å²) in [6, 6.07) is 14.2. The Hall–Kier alpha value is -2.04. The van der Waals surface area contributed by atoms with E-state index in [-0.39, 0.29) is 0 Å². The third-order valence-corrected chi connectivity index (χ3v) is 2.77. The predicted molar refractivity (Wildman–Crippen MR) is 75.6 cm³/mol. The van der Waals surface area contributed by atoms with E-state index in [2.05, 4.69) is 10.5 Å². The van der Waals surface area contributed by atoms with Crippen molar-refractivity contribution in [3.63, 3.8) is 0 Å². The molecule has 98 valence electrons. The van der Waals surface area contributed by atoms with E-state index in [1.807, 2.05) is 18.2 Å². The van der Waals surface area contributed by atoms with Crippen LogP contribution in [0.25, 0.3) is 0 Å². The van der Waals surface area contributed by atoms with Crippen molar-refractivity contribution in [3.05, 3.63) is 59.1 Å². The van der Waals surface area contributed by atoms with Crippen LogP contribution in [-0.2, 0) is 0 Å². The zero-order valence-corrected chi connectivity index (χ0v) is 11.1. The van der Waals surface area contributed by atoms with Crippen molar-refractivity contribution in [2.45, 2.75) is 0 Å². The largest absolute Gasteiger partial charge is 0.497 e. The van der Waals surface area contributed by atoms with Gasteiger partial charge in [-0.15, -0.1) is 0 Å². The normalized spacial score (nSPS) is 11.2. The van der Waals surface area contributed by atoms with Crippen molar-refractivity contribution >= 4 is 23.1 Å². The molecule has 0 unspecified atom stereocenters.